The molecule has 0 N–H and O–H groups in total. The van der Waals surface area contributed by atoms with E-state index in [9.17, 15) is 24.7 Å². The van der Waals surface area contributed by atoms with Crippen molar-refractivity contribution >= 4 is 34.8 Å². The van der Waals surface area contributed by atoms with E-state index in [-0.39, 0.29) is 19.6 Å². The first-order chi connectivity index (χ1) is 22.5. The molecule has 7 atom stereocenters. The summed E-state index contributed by atoms with van der Waals surface area (Å²) in [6.45, 7) is 4.92. The van der Waals surface area contributed by atoms with Crippen LogP contribution in [0.1, 0.15) is 38.8 Å². The molecule has 2 aliphatic heterocycles. The molecule has 248 valence electrons. The summed E-state index contributed by atoms with van der Waals surface area (Å²) in [5, 5.41) is 4.43. The molecule has 15 nitrogen and oxygen atoms in total. The van der Waals surface area contributed by atoms with Crippen molar-refractivity contribution in [1.29, 1.82) is 0 Å². The lowest BCUT2D eigenvalue weighted by Gasteiger charge is -2.40. The van der Waals surface area contributed by atoms with Gasteiger partial charge < -0.3 is 28.4 Å². The maximum atomic E-state index is 13.0. The smallest absolute Gasteiger partial charge is 0.315 e. The quantitative estimate of drug-likeness (QED) is 0.0966. The third-order valence-corrected chi connectivity index (χ3v) is 7.67. The fraction of sp³-hybridized carbons (Fsp3) is 0.438. The van der Waals surface area contributed by atoms with Gasteiger partial charge in [-0.3, -0.25) is 28.5 Å². The minimum Gasteiger partial charge on any atom is -0.463 e. The topological polar surface area (TPSA) is 187 Å². The lowest BCUT2D eigenvalue weighted by molar-refractivity contribution is -0.275. The van der Waals surface area contributed by atoms with Crippen LogP contribution in [0, 0.1) is 0 Å². The number of hydrogen-bond acceptors (Lipinski definition) is 12. The number of para-hydroxylation sites is 1. The average molecular weight is 651 g/mol. The number of nitrogens with zero attached hydrogens (tertiary/aromatic N) is 4. The second-order valence-electron chi connectivity index (χ2n) is 11.2. The molecule has 0 unspecified atom stereocenters. The second-order valence-corrected chi connectivity index (χ2v) is 11.2. The monoisotopic (exact) mass is 650 g/mol. The summed E-state index contributed by atoms with van der Waals surface area (Å²) in [4.78, 5) is 51.7. The Morgan fingerprint density at radius 1 is 0.936 bits per heavy atom. The number of fused-ring (bicyclic) bond motifs is 2. The van der Waals surface area contributed by atoms with Gasteiger partial charge in [0.05, 0.1) is 5.52 Å². The molecule has 2 aromatic carbocycles. The molecule has 0 saturated carbocycles. The summed E-state index contributed by atoms with van der Waals surface area (Å²) in [7, 11) is 0. The molecule has 3 aromatic rings. The Bertz CT molecular complexity index is 1690. The number of carbonyl (C=O) groups excluding carboxylic acids is 4. The van der Waals surface area contributed by atoms with Crippen LogP contribution in [0.4, 0.5) is 0 Å². The van der Waals surface area contributed by atoms with E-state index < -0.39 is 66.5 Å². The van der Waals surface area contributed by atoms with Gasteiger partial charge in [-0.2, -0.15) is 0 Å². The number of ether oxygens (including phenoxy) is 7. The molecular formula is C32H34N4O11. The number of rotatable bonds is 11. The molecule has 5 rings (SSSR count). The molecule has 0 spiro atoms. The largest absolute Gasteiger partial charge is 0.463 e. The summed E-state index contributed by atoms with van der Waals surface area (Å²) in [5.41, 5.74) is 11.3. The Hall–Kier alpha value is -4.95. The van der Waals surface area contributed by atoms with E-state index in [1.54, 1.807) is 23.8 Å². The van der Waals surface area contributed by atoms with Crippen LogP contribution < -0.4 is 0 Å². The summed E-state index contributed by atoms with van der Waals surface area (Å²) < 4.78 is 42.2. The summed E-state index contributed by atoms with van der Waals surface area (Å²) in [6, 6.07) is 15.2. The highest BCUT2D eigenvalue weighted by Crippen LogP contribution is 2.43. The summed E-state index contributed by atoms with van der Waals surface area (Å²) in [6.07, 6.45) is -3.95. The van der Waals surface area contributed by atoms with E-state index in [4.69, 9.17) is 33.2 Å². The highest BCUT2D eigenvalue weighted by molar-refractivity contribution is 5.85. The Kier molecular flexibility index (Phi) is 10.1. The van der Waals surface area contributed by atoms with E-state index in [0.29, 0.717) is 16.5 Å². The Morgan fingerprint density at radius 2 is 1.62 bits per heavy atom. The van der Waals surface area contributed by atoms with Crippen LogP contribution in [0.5, 0.6) is 0 Å². The highest BCUT2D eigenvalue weighted by Gasteiger charge is 2.59. The predicted molar refractivity (Wildman–Crippen MR) is 161 cm³/mol. The predicted octanol–water partition coefficient (Wildman–Crippen LogP) is 3.80. The lowest BCUT2D eigenvalue weighted by atomic mass is 9.98. The molecule has 2 fully saturated rings. The van der Waals surface area contributed by atoms with Crippen molar-refractivity contribution in [2.45, 2.75) is 83.4 Å². The van der Waals surface area contributed by atoms with Gasteiger partial charge in [0.2, 0.25) is 0 Å². The number of benzene rings is 2. The van der Waals surface area contributed by atoms with Gasteiger partial charge in [-0.1, -0.05) is 53.6 Å². The lowest BCUT2D eigenvalue weighted by Crippen LogP contribution is -2.60. The van der Waals surface area contributed by atoms with Crippen LogP contribution in [0.2, 0.25) is 0 Å². The van der Waals surface area contributed by atoms with Gasteiger partial charge in [0.25, 0.3) is 5.91 Å². The average Bonchev–Trinajstić information content (AvgIpc) is 3.58. The third-order valence-electron chi connectivity index (χ3n) is 7.67. The molecular weight excluding hydrogens is 616 g/mol. The minimum absolute atomic E-state index is 0.000307. The van der Waals surface area contributed by atoms with Crippen molar-refractivity contribution < 1.29 is 52.3 Å². The maximum Gasteiger partial charge on any atom is 0.315 e. The van der Waals surface area contributed by atoms with Crippen molar-refractivity contribution in [2.75, 3.05) is 6.61 Å². The fourth-order valence-electron chi connectivity index (χ4n) is 5.72. The van der Waals surface area contributed by atoms with Crippen molar-refractivity contribution in [3.63, 3.8) is 0 Å². The van der Waals surface area contributed by atoms with Gasteiger partial charge in [0.15, 0.2) is 24.6 Å². The number of azide groups is 1. The molecule has 2 aliphatic rings. The molecule has 2 saturated heterocycles. The number of esters is 4. The van der Waals surface area contributed by atoms with Crippen LogP contribution in [0.15, 0.2) is 65.9 Å². The van der Waals surface area contributed by atoms with E-state index in [0.717, 1.165) is 5.56 Å². The van der Waals surface area contributed by atoms with Gasteiger partial charge in [-0.15, -0.1) is 0 Å². The van der Waals surface area contributed by atoms with Crippen molar-refractivity contribution in [3.8, 4) is 0 Å². The Balaban J connectivity index is 1.45. The van der Waals surface area contributed by atoms with Crippen molar-refractivity contribution in [2.24, 2.45) is 5.11 Å². The van der Waals surface area contributed by atoms with Crippen LogP contribution >= 0.6 is 0 Å². The molecule has 47 heavy (non-hydrogen) atoms. The maximum absolute atomic E-state index is 13.0. The third kappa shape index (κ3) is 7.55. The van der Waals surface area contributed by atoms with E-state index in [1.165, 1.54) is 20.8 Å². The van der Waals surface area contributed by atoms with Crippen molar-refractivity contribution in [1.82, 2.24) is 4.57 Å². The summed E-state index contributed by atoms with van der Waals surface area (Å²) in [5.74, 6) is -4.22. The van der Waals surface area contributed by atoms with E-state index >= 15 is 0 Å². The van der Waals surface area contributed by atoms with Gasteiger partial charge in [0.1, 0.15) is 25.4 Å². The Morgan fingerprint density at radius 3 is 2.30 bits per heavy atom. The van der Waals surface area contributed by atoms with E-state index in [2.05, 4.69) is 10.0 Å². The van der Waals surface area contributed by atoms with Gasteiger partial charge in [-0.05, 0) is 29.1 Å². The number of aromatic nitrogens is 1. The zero-order valence-corrected chi connectivity index (χ0v) is 26.1. The molecule has 0 bridgehead atoms. The molecule has 3 heterocycles. The fourth-order valence-corrected chi connectivity index (χ4v) is 5.72. The SMILES string of the molecule is CC(=O)OC[C@H]1O[C@@H]2O[C@@](C)(n3cc(C[C@H](N=[N+]=[N-])C(=O)OCc4ccccc4)c4ccccc43)O[C@@H]2[C@@H](OC(C)=O)[C@@H]1OC(C)=O. The number of carbonyl (C=O) groups is 4. The highest BCUT2D eigenvalue weighted by atomic mass is 16.9. The van der Waals surface area contributed by atoms with Crippen LogP contribution in [-0.4, -0.2) is 71.8 Å². The summed E-state index contributed by atoms with van der Waals surface area (Å²) >= 11 is 0. The molecule has 0 aliphatic carbocycles. The normalized spacial score (nSPS) is 25.6. The minimum atomic E-state index is -1.58. The van der Waals surface area contributed by atoms with Gasteiger partial charge >= 0.3 is 23.9 Å². The standard InChI is InChI=1S/C32H34N4O11/c1-18(37)41-17-26-27(43-19(2)38)28(44-20(3)39)29-31(45-26)47-32(4,46-29)36-15-22(23-12-8-9-13-25(23)36)14-24(34-35-33)30(40)42-16-21-10-6-5-7-11-21/h5-13,15,24,26-29,31H,14,16-17H2,1-4H3/t24-,26+,27+,28-,29+,31+,32-/m0/s1. The first-order valence-corrected chi connectivity index (χ1v) is 14.8. The van der Waals surface area contributed by atoms with Crippen LogP contribution in [0.25, 0.3) is 21.3 Å². The van der Waals surface area contributed by atoms with Gasteiger partial charge in [-0.25, -0.2) is 0 Å². The zero-order chi connectivity index (χ0) is 33.7. The first kappa shape index (κ1) is 33.4. The Labute approximate surface area is 269 Å². The molecule has 1 aromatic heterocycles. The van der Waals surface area contributed by atoms with Crippen molar-refractivity contribution in [3.05, 3.63) is 82.4 Å². The van der Waals surface area contributed by atoms with E-state index in [1.807, 2.05) is 48.5 Å². The first-order valence-electron chi connectivity index (χ1n) is 14.8. The van der Waals surface area contributed by atoms with Crippen LogP contribution in [-0.2, 0) is 71.3 Å². The number of hydrogen-bond donors (Lipinski definition) is 0. The second kappa shape index (κ2) is 14.2. The zero-order valence-electron chi connectivity index (χ0n) is 26.1. The van der Waals surface area contributed by atoms with Crippen LogP contribution in [0.3, 0.4) is 0 Å². The molecule has 15 heteroatoms. The molecule has 0 amide bonds. The van der Waals surface area contributed by atoms with Gasteiger partial charge in [0, 0.05) is 44.2 Å². The molecule has 0 radical (unpaired) electrons.